The van der Waals surface area contributed by atoms with Gasteiger partial charge in [0.05, 0.1) is 0 Å². The van der Waals surface area contributed by atoms with Gasteiger partial charge in [0.15, 0.2) is 0 Å². The topological polar surface area (TPSA) is 0 Å². The van der Waals surface area contributed by atoms with Crippen molar-refractivity contribution in [3.63, 3.8) is 0 Å². The summed E-state index contributed by atoms with van der Waals surface area (Å²) in [6.07, 6.45) is 4.86. The van der Waals surface area contributed by atoms with Crippen molar-refractivity contribution in [1.82, 2.24) is 0 Å². The van der Waals surface area contributed by atoms with Gasteiger partial charge in [-0.15, -0.1) is 0 Å². The Kier molecular flexibility index (Phi) is 5.36. The maximum Gasteiger partial charge on any atom is 0.00440 e. The van der Waals surface area contributed by atoms with Gasteiger partial charge in [-0.3, -0.25) is 0 Å². The summed E-state index contributed by atoms with van der Waals surface area (Å²) in [5.74, 6) is 0.931. The van der Waals surface area contributed by atoms with Crippen LogP contribution in [0.3, 0.4) is 0 Å². The van der Waals surface area contributed by atoms with E-state index in [4.69, 9.17) is 0 Å². The van der Waals surface area contributed by atoms with Crippen LogP contribution in [0.4, 0.5) is 0 Å². The fourth-order valence-electron chi connectivity index (χ4n) is 1.14. The highest BCUT2D eigenvalue weighted by Gasteiger charge is 2.10. The Bertz CT molecular complexity index is 57.6. The Morgan fingerprint density at radius 1 is 1.22 bits per heavy atom. The predicted octanol–water partition coefficient (Wildman–Crippen LogP) is 3.17. The summed E-state index contributed by atoms with van der Waals surface area (Å²) in [7, 11) is 0. The van der Waals surface area contributed by atoms with Crippen LogP contribution in [0.1, 0.15) is 33.6 Å². The summed E-state index contributed by atoms with van der Waals surface area (Å²) in [6.45, 7) is 6.88. The molecule has 0 rings (SSSR count). The van der Waals surface area contributed by atoms with E-state index in [-0.39, 0.29) is 0 Å². The second kappa shape index (κ2) is 5.16. The molecule has 0 aromatic carbocycles. The minimum atomic E-state index is 0.847. The van der Waals surface area contributed by atoms with Crippen LogP contribution in [-0.4, -0.2) is 11.5 Å². The molecule has 0 aliphatic heterocycles. The van der Waals surface area contributed by atoms with E-state index in [9.17, 15) is 0 Å². The van der Waals surface area contributed by atoms with Crippen LogP contribution in [0.25, 0.3) is 0 Å². The Morgan fingerprint density at radius 2 is 1.67 bits per heavy atom. The Morgan fingerprint density at radius 3 is 1.78 bits per heavy atom. The minimum Gasteiger partial charge on any atom is -0.162 e. The minimum absolute atomic E-state index is 0.847. The summed E-state index contributed by atoms with van der Waals surface area (Å²) in [5, 5.41) is 0.847. The van der Waals surface area contributed by atoms with Gasteiger partial charge in [0, 0.05) is 5.25 Å². The first-order valence-electron chi connectivity index (χ1n) is 3.79. The fraction of sp³-hybridized carbons (Fsp3) is 1.00. The molecule has 56 valence electrons. The lowest BCUT2D eigenvalue weighted by Gasteiger charge is -2.18. The van der Waals surface area contributed by atoms with E-state index in [1.807, 2.05) is 11.8 Å². The first-order chi connectivity index (χ1) is 4.26. The maximum atomic E-state index is 2.32. The van der Waals surface area contributed by atoms with Gasteiger partial charge >= 0.3 is 0 Å². The Labute approximate surface area is 63.4 Å². The monoisotopic (exact) mass is 146 g/mol. The van der Waals surface area contributed by atoms with Crippen LogP contribution >= 0.6 is 11.8 Å². The highest BCUT2D eigenvalue weighted by molar-refractivity contribution is 7.99. The molecule has 0 bridgehead atoms. The SMILES string of the molecule is CCC(CC)C(C)SC. The molecule has 0 aliphatic rings. The molecule has 0 N–H and O–H groups in total. The van der Waals surface area contributed by atoms with Crippen molar-refractivity contribution in [3.05, 3.63) is 0 Å². The summed E-state index contributed by atoms with van der Waals surface area (Å²) >= 11 is 1.98. The lowest BCUT2D eigenvalue weighted by atomic mass is 10.0. The average molecular weight is 146 g/mol. The fourth-order valence-corrected chi connectivity index (χ4v) is 1.91. The van der Waals surface area contributed by atoms with Crippen molar-refractivity contribution in [2.45, 2.75) is 38.9 Å². The number of rotatable bonds is 4. The summed E-state index contributed by atoms with van der Waals surface area (Å²) in [5.41, 5.74) is 0. The van der Waals surface area contributed by atoms with Crippen LogP contribution < -0.4 is 0 Å². The molecule has 1 unspecified atom stereocenters. The van der Waals surface area contributed by atoms with Crippen molar-refractivity contribution in [1.29, 1.82) is 0 Å². The Balaban J connectivity index is 3.50. The Hall–Kier alpha value is 0.350. The normalized spacial score (nSPS) is 14.3. The summed E-state index contributed by atoms with van der Waals surface area (Å²) in [4.78, 5) is 0. The summed E-state index contributed by atoms with van der Waals surface area (Å²) in [6, 6.07) is 0. The molecule has 0 saturated heterocycles. The van der Waals surface area contributed by atoms with Gasteiger partial charge in [0.25, 0.3) is 0 Å². The van der Waals surface area contributed by atoms with Crippen LogP contribution in [0.15, 0.2) is 0 Å². The standard InChI is InChI=1S/C8H18S/c1-5-8(6-2)7(3)9-4/h7-8H,5-6H2,1-4H3. The average Bonchev–Trinajstić information content (AvgIpc) is 1.90. The van der Waals surface area contributed by atoms with E-state index >= 15 is 0 Å². The zero-order valence-electron chi connectivity index (χ0n) is 6.98. The van der Waals surface area contributed by atoms with Crippen LogP contribution in [0.5, 0.6) is 0 Å². The van der Waals surface area contributed by atoms with Crippen molar-refractivity contribution < 1.29 is 0 Å². The largest absolute Gasteiger partial charge is 0.162 e. The predicted molar refractivity (Wildman–Crippen MR) is 47.0 cm³/mol. The third kappa shape index (κ3) is 3.14. The van der Waals surface area contributed by atoms with E-state index < -0.39 is 0 Å². The van der Waals surface area contributed by atoms with Gasteiger partial charge in [-0.2, -0.15) is 11.8 Å². The van der Waals surface area contributed by atoms with Gasteiger partial charge in [-0.05, 0) is 12.2 Å². The van der Waals surface area contributed by atoms with Gasteiger partial charge < -0.3 is 0 Å². The zero-order chi connectivity index (χ0) is 7.28. The molecule has 1 heteroatoms. The molecule has 0 amide bonds. The van der Waals surface area contributed by atoms with Crippen molar-refractivity contribution in [2.75, 3.05) is 6.26 Å². The van der Waals surface area contributed by atoms with E-state index in [0.29, 0.717) is 0 Å². The molecular formula is C8H18S. The van der Waals surface area contributed by atoms with Gasteiger partial charge in [-0.25, -0.2) is 0 Å². The quantitative estimate of drug-likeness (QED) is 0.587. The third-order valence-corrected chi connectivity index (χ3v) is 3.21. The molecule has 0 radical (unpaired) electrons. The number of hydrogen-bond acceptors (Lipinski definition) is 1. The van der Waals surface area contributed by atoms with Crippen molar-refractivity contribution >= 4 is 11.8 Å². The molecule has 0 aromatic heterocycles. The molecule has 0 nitrogen and oxygen atoms in total. The maximum absolute atomic E-state index is 2.32. The van der Waals surface area contributed by atoms with Gasteiger partial charge in [0.1, 0.15) is 0 Å². The molecule has 0 heterocycles. The molecular weight excluding hydrogens is 128 g/mol. The van der Waals surface area contributed by atoms with E-state index in [1.165, 1.54) is 12.8 Å². The molecule has 9 heavy (non-hydrogen) atoms. The number of hydrogen-bond donors (Lipinski definition) is 0. The lowest BCUT2D eigenvalue weighted by Crippen LogP contribution is -2.10. The van der Waals surface area contributed by atoms with E-state index in [1.54, 1.807) is 0 Å². The molecule has 0 aliphatic carbocycles. The second-order valence-corrected chi connectivity index (χ2v) is 3.73. The van der Waals surface area contributed by atoms with Crippen molar-refractivity contribution in [3.8, 4) is 0 Å². The molecule has 0 saturated carbocycles. The molecule has 0 spiro atoms. The molecule has 0 fully saturated rings. The smallest absolute Gasteiger partial charge is 0.00440 e. The molecule has 1 atom stereocenters. The third-order valence-electron chi connectivity index (χ3n) is 2.08. The van der Waals surface area contributed by atoms with Gasteiger partial charge in [-0.1, -0.05) is 33.6 Å². The van der Waals surface area contributed by atoms with E-state index in [0.717, 1.165) is 11.2 Å². The first-order valence-corrected chi connectivity index (χ1v) is 5.07. The van der Waals surface area contributed by atoms with E-state index in [2.05, 4.69) is 27.0 Å². The van der Waals surface area contributed by atoms with Crippen LogP contribution in [0.2, 0.25) is 0 Å². The van der Waals surface area contributed by atoms with Crippen LogP contribution in [-0.2, 0) is 0 Å². The number of thioether (sulfide) groups is 1. The molecule has 0 aromatic rings. The zero-order valence-corrected chi connectivity index (χ0v) is 7.79. The second-order valence-electron chi connectivity index (χ2n) is 2.52. The highest BCUT2D eigenvalue weighted by Crippen LogP contribution is 2.21. The van der Waals surface area contributed by atoms with Gasteiger partial charge in [0.2, 0.25) is 0 Å². The first kappa shape index (κ1) is 9.35. The highest BCUT2D eigenvalue weighted by atomic mass is 32.2. The van der Waals surface area contributed by atoms with Crippen molar-refractivity contribution in [2.24, 2.45) is 5.92 Å². The lowest BCUT2D eigenvalue weighted by molar-refractivity contribution is 0.490. The summed E-state index contributed by atoms with van der Waals surface area (Å²) < 4.78 is 0. The van der Waals surface area contributed by atoms with Crippen LogP contribution in [0, 0.1) is 5.92 Å².